The summed E-state index contributed by atoms with van der Waals surface area (Å²) in [6.45, 7) is 13.7. The second kappa shape index (κ2) is 11.8. The number of fused-ring (bicyclic) bond motifs is 1. The molecule has 1 aliphatic heterocycles. The summed E-state index contributed by atoms with van der Waals surface area (Å²) < 4.78 is 6.75. The first-order valence-corrected chi connectivity index (χ1v) is 16.4. The second-order valence-electron chi connectivity index (χ2n) is 11.7. The second-order valence-corrected chi connectivity index (χ2v) is 16.5. The van der Waals surface area contributed by atoms with Crippen molar-refractivity contribution in [2.45, 2.75) is 64.5 Å². The molecule has 0 radical (unpaired) electrons. The largest absolute Gasteiger partial charge is 0.415 e. The maximum atomic E-state index is 13.1. The monoisotopic (exact) mass is 528 g/mol. The van der Waals surface area contributed by atoms with Crippen LogP contribution in [0.1, 0.15) is 59.0 Å². The van der Waals surface area contributed by atoms with E-state index < -0.39 is 8.32 Å². The minimum absolute atomic E-state index is 0.0221. The number of hydrogen-bond donors (Lipinski definition) is 0. The van der Waals surface area contributed by atoms with E-state index in [4.69, 9.17) is 4.43 Å². The van der Waals surface area contributed by atoms with Crippen molar-refractivity contribution in [3.05, 3.63) is 107 Å². The number of amides is 2. The minimum Gasteiger partial charge on any atom is -0.415 e. The van der Waals surface area contributed by atoms with Crippen molar-refractivity contribution in [3.63, 3.8) is 0 Å². The van der Waals surface area contributed by atoms with Crippen LogP contribution in [-0.4, -0.2) is 49.1 Å². The van der Waals surface area contributed by atoms with E-state index in [-0.39, 0.29) is 22.9 Å². The molecule has 3 aromatic rings. The van der Waals surface area contributed by atoms with Gasteiger partial charge in [-0.05, 0) is 47.8 Å². The van der Waals surface area contributed by atoms with Gasteiger partial charge in [-0.2, -0.15) is 0 Å². The highest BCUT2D eigenvalue weighted by Gasteiger charge is 2.39. The number of carbonyl (C=O) groups excluding carboxylic acids is 2. The molecule has 0 bridgehead atoms. The fraction of sp³-hybridized carbons (Fsp3) is 0.375. The molecule has 2 amide bonds. The highest BCUT2D eigenvalue weighted by atomic mass is 28.4. The lowest BCUT2D eigenvalue weighted by Crippen LogP contribution is -2.47. The van der Waals surface area contributed by atoms with Gasteiger partial charge in [0.2, 0.25) is 0 Å². The Morgan fingerprint density at radius 3 is 1.66 bits per heavy atom. The van der Waals surface area contributed by atoms with Gasteiger partial charge < -0.3 is 4.43 Å². The first-order chi connectivity index (χ1) is 18.1. The van der Waals surface area contributed by atoms with E-state index >= 15 is 0 Å². The highest BCUT2D eigenvalue weighted by molar-refractivity contribution is 6.74. The Labute approximate surface area is 228 Å². The van der Waals surface area contributed by atoms with Gasteiger partial charge in [-0.3, -0.25) is 19.4 Å². The van der Waals surface area contributed by atoms with Crippen LogP contribution in [0.3, 0.4) is 0 Å². The Bertz CT molecular complexity index is 1160. The summed E-state index contributed by atoms with van der Waals surface area (Å²) in [7, 11) is -2.01. The summed E-state index contributed by atoms with van der Waals surface area (Å²) >= 11 is 0. The summed E-state index contributed by atoms with van der Waals surface area (Å²) in [6.07, 6.45) is 0.639. The van der Waals surface area contributed by atoms with Gasteiger partial charge in [0.1, 0.15) is 0 Å². The van der Waals surface area contributed by atoms with Crippen LogP contribution < -0.4 is 0 Å². The van der Waals surface area contributed by atoms with E-state index in [2.05, 4.69) is 87.3 Å². The van der Waals surface area contributed by atoms with Gasteiger partial charge in [-0.15, -0.1) is 0 Å². The van der Waals surface area contributed by atoms with E-state index in [0.717, 1.165) is 13.1 Å². The lowest BCUT2D eigenvalue weighted by atomic mass is 10.1. The highest BCUT2D eigenvalue weighted by Crippen LogP contribution is 2.37. The number of imide groups is 1. The molecule has 0 unspecified atom stereocenters. The van der Waals surface area contributed by atoms with Crippen molar-refractivity contribution in [3.8, 4) is 0 Å². The van der Waals surface area contributed by atoms with Crippen molar-refractivity contribution in [1.82, 2.24) is 9.80 Å². The summed E-state index contributed by atoms with van der Waals surface area (Å²) in [5.41, 5.74) is 3.44. The molecule has 1 aliphatic rings. The van der Waals surface area contributed by atoms with Gasteiger partial charge in [0.25, 0.3) is 11.8 Å². The van der Waals surface area contributed by atoms with E-state index in [1.54, 1.807) is 12.1 Å². The van der Waals surface area contributed by atoms with Gasteiger partial charge >= 0.3 is 0 Å². The fourth-order valence-electron chi connectivity index (χ4n) is 4.56. The van der Waals surface area contributed by atoms with Crippen LogP contribution in [0.15, 0.2) is 84.9 Å². The Kier molecular flexibility index (Phi) is 8.66. The number of hydrogen-bond acceptors (Lipinski definition) is 4. The standard InChI is InChI=1S/C32H40N2O3Si/c1-32(2,3)38(4,5)37-24-27(20-21-34-30(35)28-18-12-13-19-29(28)31(34)36)33(22-25-14-8-6-9-15-25)23-26-16-10-7-11-17-26/h6-19,27H,20-24H2,1-5H3/t27-/m0/s1. The molecule has 200 valence electrons. The Hall–Kier alpha value is -3.06. The lowest BCUT2D eigenvalue weighted by Gasteiger charge is -2.40. The van der Waals surface area contributed by atoms with Crippen LogP contribution >= 0.6 is 0 Å². The van der Waals surface area contributed by atoms with Crippen molar-refractivity contribution >= 4 is 20.1 Å². The molecular weight excluding hydrogens is 488 g/mol. The Morgan fingerprint density at radius 1 is 0.763 bits per heavy atom. The molecule has 0 saturated carbocycles. The SMILES string of the molecule is CC(C)(C)[Si](C)(C)OC[C@H](CCN1C(=O)c2ccccc2C1=O)N(Cc1ccccc1)Cc1ccccc1. The fourth-order valence-corrected chi connectivity index (χ4v) is 5.60. The third kappa shape index (κ3) is 6.49. The third-order valence-corrected chi connectivity index (χ3v) is 12.5. The summed E-state index contributed by atoms with van der Waals surface area (Å²) in [5, 5.41) is 0.0871. The normalized spacial score (nSPS) is 14.7. The van der Waals surface area contributed by atoms with Gasteiger partial charge in [-0.1, -0.05) is 93.6 Å². The molecule has 0 fully saturated rings. The van der Waals surface area contributed by atoms with Crippen molar-refractivity contribution in [1.29, 1.82) is 0 Å². The number of nitrogens with zero attached hydrogens (tertiary/aromatic N) is 2. The van der Waals surface area contributed by atoms with Crippen LogP contribution in [0.5, 0.6) is 0 Å². The molecule has 0 N–H and O–H groups in total. The number of benzene rings is 3. The van der Waals surface area contributed by atoms with Gasteiger partial charge in [0.15, 0.2) is 8.32 Å². The quantitative estimate of drug-likeness (QED) is 0.204. The summed E-state index contributed by atoms with van der Waals surface area (Å²) in [6, 6.07) is 28.0. The number of rotatable bonds is 11. The third-order valence-electron chi connectivity index (χ3n) is 7.98. The Morgan fingerprint density at radius 2 is 1.21 bits per heavy atom. The predicted molar refractivity (Wildman–Crippen MR) is 155 cm³/mol. The predicted octanol–water partition coefficient (Wildman–Crippen LogP) is 6.77. The molecule has 38 heavy (non-hydrogen) atoms. The molecule has 0 aliphatic carbocycles. The molecule has 0 saturated heterocycles. The average molecular weight is 529 g/mol. The van der Waals surface area contributed by atoms with Crippen LogP contribution in [-0.2, 0) is 17.5 Å². The molecule has 0 spiro atoms. The maximum Gasteiger partial charge on any atom is 0.261 e. The van der Waals surface area contributed by atoms with Gasteiger partial charge in [0.05, 0.1) is 11.1 Å². The van der Waals surface area contributed by atoms with E-state index in [9.17, 15) is 9.59 Å². The van der Waals surface area contributed by atoms with Gasteiger partial charge in [0, 0.05) is 32.3 Å². The van der Waals surface area contributed by atoms with Crippen molar-refractivity contribution in [2.24, 2.45) is 0 Å². The molecule has 1 heterocycles. The zero-order chi connectivity index (χ0) is 27.3. The summed E-state index contributed by atoms with van der Waals surface area (Å²) in [4.78, 5) is 30.0. The maximum absolute atomic E-state index is 13.1. The Balaban J connectivity index is 1.60. The van der Waals surface area contributed by atoms with E-state index in [1.165, 1.54) is 16.0 Å². The zero-order valence-corrected chi connectivity index (χ0v) is 24.3. The molecule has 1 atom stereocenters. The van der Waals surface area contributed by atoms with E-state index in [0.29, 0.717) is 30.7 Å². The van der Waals surface area contributed by atoms with E-state index in [1.807, 2.05) is 24.3 Å². The topological polar surface area (TPSA) is 49.9 Å². The average Bonchev–Trinajstić information content (AvgIpc) is 3.14. The first kappa shape index (κ1) is 28.0. The molecule has 6 heteroatoms. The van der Waals surface area contributed by atoms with Crippen molar-refractivity contribution in [2.75, 3.05) is 13.2 Å². The molecular formula is C32H40N2O3Si. The van der Waals surface area contributed by atoms with Crippen LogP contribution in [0.2, 0.25) is 18.1 Å². The molecule has 4 rings (SSSR count). The molecule has 0 aromatic heterocycles. The molecule has 3 aromatic carbocycles. The minimum atomic E-state index is -2.01. The summed E-state index contributed by atoms with van der Waals surface area (Å²) in [5.74, 6) is -0.403. The van der Waals surface area contributed by atoms with Crippen LogP contribution in [0.4, 0.5) is 0 Å². The number of carbonyl (C=O) groups is 2. The van der Waals surface area contributed by atoms with Crippen molar-refractivity contribution < 1.29 is 14.0 Å². The lowest BCUT2D eigenvalue weighted by molar-refractivity contribution is 0.0598. The smallest absolute Gasteiger partial charge is 0.261 e. The zero-order valence-electron chi connectivity index (χ0n) is 23.3. The van der Waals surface area contributed by atoms with Crippen LogP contribution in [0.25, 0.3) is 0 Å². The van der Waals surface area contributed by atoms with Crippen LogP contribution in [0, 0.1) is 0 Å². The van der Waals surface area contributed by atoms with Gasteiger partial charge in [-0.25, -0.2) is 0 Å². The first-order valence-electron chi connectivity index (χ1n) is 13.5. The molecule has 5 nitrogen and oxygen atoms in total.